The van der Waals surface area contributed by atoms with E-state index in [-0.39, 0.29) is 0 Å². The lowest BCUT2D eigenvalue weighted by molar-refractivity contribution is 0.0930. The molecule has 2 aliphatic heterocycles. The van der Waals surface area contributed by atoms with Crippen LogP contribution in [-0.4, -0.2) is 59.1 Å². The number of likely N-dealkylation sites (tertiary alicyclic amines) is 2. The maximum Gasteiger partial charge on any atom is 0.0210 e. The van der Waals surface area contributed by atoms with Gasteiger partial charge in [0.15, 0.2) is 0 Å². The summed E-state index contributed by atoms with van der Waals surface area (Å²) in [6.45, 7) is 19.0. The summed E-state index contributed by atoms with van der Waals surface area (Å²) in [5, 5.41) is 3.92. The molecule has 2 rings (SSSR count). The number of piperidine rings is 1. The molecule has 0 spiro atoms. The van der Waals surface area contributed by atoms with Crippen LogP contribution in [0, 0.1) is 0 Å². The Labute approximate surface area is 126 Å². The fourth-order valence-corrected chi connectivity index (χ4v) is 3.56. The Morgan fingerprint density at radius 1 is 0.700 bits per heavy atom. The van der Waals surface area contributed by atoms with E-state index in [0.29, 0.717) is 17.1 Å². The van der Waals surface area contributed by atoms with Gasteiger partial charge < -0.3 is 5.32 Å². The van der Waals surface area contributed by atoms with Crippen molar-refractivity contribution in [2.45, 2.75) is 84.0 Å². The maximum atomic E-state index is 3.92. The minimum atomic E-state index is 0.325. The summed E-state index contributed by atoms with van der Waals surface area (Å²) in [5.41, 5.74) is 0.660. The zero-order valence-corrected chi connectivity index (χ0v) is 14.5. The van der Waals surface area contributed by atoms with Gasteiger partial charge in [0.2, 0.25) is 0 Å². The van der Waals surface area contributed by atoms with Gasteiger partial charge >= 0.3 is 0 Å². The van der Waals surface area contributed by atoms with E-state index in [0.717, 1.165) is 6.04 Å². The highest BCUT2D eigenvalue weighted by molar-refractivity contribution is 4.91. The summed E-state index contributed by atoms with van der Waals surface area (Å²) in [5.74, 6) is 0. The Morgan fingerprint density at radius 2 is 1.15 bits per heavy atom. The van der Waals surface area contributed by atoms with E-state index in [2.05, 4.69) is 56.7 Å². The summed E-state index contributed by atoms with van der Waals surface area (Å²) in [6.07, 6.45) is 3.93. The van der Waals surface area contributed by atoms with Crippen molar-refractivity contribution in [1.82, 2.24) is 15.1 Å². The third-order valence-electron chi connectivity index (χ3n) is 5.05. The third-order valence-corrected chi connectivity index (χ3v) is 5.05. The molecule has 118 valence electrons. The van der Waals surface area contributed by atoms with Gasteiger partial charge in [-0.25, -0.2) is 0 Å². The number of nitrogens with one attached hydrogen (secondary N) is 1. The second kappa shape index (κ2) is 5.94. The zero-order valence-electron chi connectivity index (χ0n) is 14.5. The van der Waals surface area contributed by atoms with Gasteiger partial charge in [0.25, 0.3) is 0 Å². The lowest BCUT2D eigenvalue weighted by Crippen LogP contribution is -2.52. The highest BCUT2D eigenvalue weighted by atomic mass is 15.2. The lowest BCUT2D eigenvalue weighted by atomic mass is 9.97. The van der Waals surface area contributed by atoms with Crippen LogP contribution in [-0.2, 0) is 0 Å². The molecular formula is C17H35N3. The first-order valence-electron chi connectivity index (χ1n) is 8.42. The van der Waals surface area contributed by atoms with E-state index in [1.807, 2.05) is 0 Å². The molecule has 3 heteroatoms. The molecule has 3 nitrogen and oxygen atoms in total. The van der Waals surface area contributed by atoms with E-state index >= 15 is 0 Å². The first-order valence-corrected chi connectivity index (χ1v) is 8.42. The number of hydrogen-bond acceptors (Lipinski definition) is 3. The van der Waals surface area contributed by atoms with Gasteiger partial charge in [0.05, 0.1) is 0 Å². The Balaban J connectivity index is 1.74. The molecule has 0 aromatic heterocycles. The molecule has 2 saturated heterocycles. The molecular weight excluding hydrogens is 246 g/mol. The van der Waals surface area contributed by atoms with Crippen molar-refractivity contribution < 1.29 is 0 Å². The fourth-order valence-electron chi connectivity index (χ4n) is 3.56. The van der Waals surface area contributed by atoms with Crippen LogP contribution < -0.4 is 5.32 Å². The molecule has 2 heterocycles. The van der Waals surface area contributed by atoms with E-state index in [4.69, 9.17) is 0 Å². The Morgan fingerprint density at radius 3 is 1.60 bits per heavy atom. The molecule has 20 heavy (non-hydrogen) atoms. The number of hydrogen-bond donors (Lipinski definition) is 1. The molecule has 0 bridgehead atoms. The predicted molar refractivity (Wildman–Crippen MR) is 87.2 cm³/mol. The van der Waals surface area contributed by atoms with Gasteiger partial charge in [-0.15, -0.1) is 0 Å². The molecule has 2 aliphatic rings. The van der Waals surface area contributed by atoms with Crippen LogP contribution in [0.25, 0.3) is 0 Å². The highest BCUT2D eigenvalue weighted by Gasteiger charge is 2.32. The van der Waals surface area contributed by atoms with Crippen molar-refractivity contribution in [1.29, 1.82) is 0 Å². The van der Waals surface area contributed by atoms with Crippen molar-refractivity contribution in [2.75, 3.05) is 26.2 Å². The summed E-state index contributed by atoms with van der Waals surface area (Å²) in [6, 6.07) is 1.44. The molecule has 0 aliphatic carbocycles. The van der Waals surface area contributed by atoms with Crippen LogP contribution in [0.1, 0.15) is 60.8 Å². The standard InChI is InChI=1S/C17H35N3/c1-16(2,3)19-10-7-14(8-11-19)18-15-9-12-20(13-15)17(4,5)6/h14-15,18H,7-13H2,1-6H3. The van der Waals surface area contributed by atoms with Crippen LogP contribution in [0.15, 0.2) is 0 Å². The summed E-state index contributed by atoms with van der Waals surface area (Å²) in [7, 11) is 0. The molecule has 1 atom stereocenters. The van der Waals surface area contributed by atoms with Crippen molar-refractivity contribution >= 4 is 0 Å². The Bertz CT molecular complexity index is 305. The quantitative estimate of drug-likeness (QED) is 0.839. The van der Waals surface area contributed by atoms with Crippen LogP contribution in [0.5, 0.6) is 0 Å². The van der Waals surface area contributed by atoms with Crippen molar-refractivity contribution in [3.8, 4) is 0 Å². The number of rotatable bonds is 2. The van der Waals surface area contributed by atoms with E-state index in [1.165, 1.54) is 45.4 Å². The average Bonchev–Trinajstić information content (AvgIpc) is 2.77. The van der Waals surface area contributed by atoms with Crippen molar-refractivity contribution in [2.24, 2.45) is 0 Å². The van der Waals surface area contributed by atoms with Crippen LogP contribution in [0.4, 0.5) is 0 Å². The molecule has 0 radical (unpaired) electrons. The molecule has 0 aromatic rings. The van der Waals surface area contributed by atoms with Gasteiger partial charge in [-0.3, -0.25) is 9.80 Å². The predicted octanol–water partition coefficient (Wildman–Crippen LogP) is 2.71. The molecule has 0 aromatic carbocycles. The fraction of sp³-hybridized carbons (Fsp3) is 1.00. The average molecular weight is 281 g/mol. The van der Waals surface area contributed by atoms with Gasteiger partial charge in [0.1, 0.15) is 0 Å². The van der Waals surface area contributed by atoms with Gasteiger partial charge in [0, 0.05) is 49.3 Å². The summed E-state index contributed by atoms with van der Waals surface area (Å²) < 4.78 is 0. The lowest BCUT2D eigenvalue weighted by Gasteiger charge is -2.41. The molecule has 1 unspecified atom stereocenters. The summed E-state index contributed by atoms with van der Waals surface area (Å²) >= 11 is 0. The minimum Gasteiger partial charge on any atom is -0.310 e. The normalized spacial score (nSPS) is 28.2. The SMILES string of the molecule is CC(C)(C)N1CCC(NC2CCN(C(C)(C)C)C2)CC1. The first-order chi connectivity index (χ1) is 9.16. The van der Waals surface area contributed by atoms with E-state index < -0.39 is 0 Å². The monoisotopic (exact) mass is 281 g/mol. The topological polar surface area (TPSA) is 18.5 Å². The third kappa shape index (κ3) is 4.19. The first kappa shape index (κ1) is 16.3. The molecule has 0 amide bonds. The summed E-state index contributed by atoms with van der Waals surface area (Å²) in [4.78, 5) is 5.25. The molecule has 0 saturated carbocycles. The Kier molecular flexibility index (Phi) is 4.83. The zero-order chi connectivity index (χ0) is 15.0. The maximum absolute atomic E-state index is 3.92. The van der Waals surface area contributed by atoms with Crippen molar-refractivity contribution in [3.63, 3.8) is 0 Å². The molecule has 2 fully saturated rings. The highest BCUT2D eigenvalue weighted by Crippen LogP contribution is 2.23. The van der Waals surface area contributed by atoms with Crippen LogP contribution in [0.3, 0.4) is 0 Å². The smallest absolute Gasteiger partial charge is 0.0210 e. The number of nitrogens with zero attached hydrogens (tertiary/aromatic N) is 2. The van der Waals surface area contributed by atoms with Crippen LogP contribution >= 0.6 is 0 Å². The molecule has 1 N–H and O–H groups in total. The van der Waals surface area contributed by atoms with E-state index in [1.54, 1.807) is 0 Å². The van der Waals surface area contributed by atoms with Gasteiger partial charge in [-0.2, -0.15) is 0 Å². The van der Waals surface area contributed by atoms with E-state index in [9.17, 15) is 0 Å². The minimum absolute atomic E-state index is 0.325. The van der Waals surface area contributed by atoms with Gasteiger partial charge in [-0.1, -0.05) is 0 Å². The Hall–Kier alpha value is -0.120. The van der Waals surface area contributed by atoms with Crippen LogP contribution in [0.2, 0.25) is 0 Å². The van der Waals surface area contributed by atoms with Gasteiger partial charge in [-0.05, 0) is 60.8 Å². The second-order valence-electron chi connectivity index (χ2n) is 8.70. The second-order valence-corrected chi connectivity index (χ2v) is 8.70. The largest absolute Gasteiger partial charge is 0.310 e. The van der Waals surface area contributed by atoms with Crippen molar-refractivity contribution in [3.05, 3.63) is 0 Å².